The minimum Gasteiger partial charge on any atom is -0.351 e. The number of nitrogens with two attached hydrogens (primary N) is 1. The summed E-state index contributed by atoms with van der Waals surface area (Å²) < 4.78 is 0. The first kappa shape index (κ1) is 16.4. The van der Waals surface area contributed by atoms with Crippen LogP contribution in [0.4, 0.5) is 0 Å². The first-order valence-electron chi connectivity index (χ1n) is 6.50. The van der Waals surface area contributed by atoms with Gasteiger partial charge < -0.3 is 11.1 Å². The summed E-state index contributed by atoms with van der Waals surface area (Å²) in [5.41, 5.74) is 5.68. The van der Waals surface area contributed by atoms with Crippen LogP contribution in [0.3, 0.4) is 0 Å². The topological polar surface area (TPSA) is 55.1 Å². The van der Waals surface area contributed by atoms with Crippen LogP contribution in [0.2, 0.25) is 0 Å². The Labute approximate surface area is 107 Å². The molecule has 0 aliphatic rings. The molecular weight excluding hydrogens is 212 g/mol. The van der Waals surface area contributed by atoms with Gasteiger partial charge in [0.25, 0.3) is 0 Å². The highest BCUT2D eigenvalue weighted by molar-refractivity contribution is 5.79. The number of carbonyl (C=O) groups excluding carboxylic acids is 1. The van der Waals surface area contributed by atoms with Crippen LogP contribution < -0.4 is 11.1 Å². The Balaban J connectivity index is 4.55. The van der Waals surface area contributed by atoms with E-state index >= 15 is 0 Å². The van der Waals surface area contributed by atoms with Gasteiger partial charge in [-0.2, -0.15) is 0 Å². The number of amides is 1. The predicted molar refractivity (Wildman–Crippen MR) is 73.7 cm³/mol. The number of hydrogen-bond donors (Lipinski definition) is 2. The second-order valence-electron chi connectivity index (χ2n) is 7.20. The van der Waals surface area contributed by atoms with E-state index in [-0.39, 0.29) is 28.7 Å². The van der Waals surface area contributed by atoms with Gasteiger partial charge in [-0.15, -0.1) is 0 Å². The van der Waals surface area contributed by atoms with Crippen molar-refractivity contribution in [3.8, 4) is 0 Å². The summed E-state index contributed by atoms with van der Waals surface area (Å²) in [6.07, 6.45) is 0.946. The minimum absolute atomic E-state index is 0.0803. The first-order valence-corrected chi connectivity index (χ1v) is 6.50. The fraction of sp³-hybridized carbons (Fsp3) is 0.929. The second kappa shape index (κ2) is 5.85. The zero-order valence-corrected chi connectivity index (χ0v) is 12.6. The van der Waals surface area contributed by atoms with E-state index in [9.17, 15) is 4.79 Å². The fourth-order valence-electron chi connectivity index (χ4n) is 2.48. The molecule has 0 aliphatic heterocycles. The van der Waals surface area contributed by atoms with E-state index in [4.69, 9.17) is 5.73 Å². The summed E-state index contributed by atoms with van der Waals surface area (Å²) in [6, 6.07) is 0. The van der Waals surface area contributed by atoms with E-state index < -0.39 is 0 Å². The summed E-state index contributed by atoms with van der Waals surface area (Å²) >= 11 is 0. The van der Waals surface area contributed by atoms with Gasteiger partial charge in [0.05, 0.1) is 5.92 Å². The molecular formula is C14H30N2O. The van der Waals surface area contributed by atoms with Crippen molar-refractivity contribution in [2.45, 2.75) is 60.4 Å². The van der Waals surface area contributed by atoms with Crippen LogP contribution in [0.15, 0.2) is 0 Å². The summed E-state index contributed by atoms with van der Waals surface area (Å²) in [7, 11) is 0. The smallest absolute Gasteiger partial charge is 0.225 e. The lowest BCUT2D eigenvalue weighted by molar-refractivity contribution is -0.127. The van der Waals surface area contributed by atoms with E-state index in [0.717, 1.165) is 6.42 Å². The molecule has 0 rings (SSSR count). The molecule has 0 saturated heterocycles. The van der Waals surface area contributed by atoms with Gasteiger partial charge in [-0.05, 0) is 31.6 Å². The average molecular weight is 242 g/mol. The highest BCUT2D eigenvalue weighted by Gasteiger charge is 2.30. The minimum atomic E-state index is -0.183. The largest absolute Gasteiger partial charge is 0.351 e. The third-order valence-corrected chi connectivity index (χ3v) is 2.83. The van der Waals surface area contributed by atoms with Crippen molar-refractivity contribution in [1.82, 2.24) is 5.32 Å². The zero-order chi connectivity index (χ0) is 13.9. The Morgan fingerprint density at radius 2 is 1.65 bits per heavy atom. The van der Waals surface area contributed by atoms with Crippen LogP contribution in [0.5, 0.6) is 0 Å². The molecule has 0 aromatic heterocycles. The normalized spacial score (nSPS) is 14.9. The van der Waals surface area contributed by atoms with Crippen LogP contribution in [-0.2, 0) is 4.79 Å². The molecule has 3 heteroatoms. The molecule has 0 aromatic carbocycles. The molecule has 17 heavy (non-hydrogen) atoms. The lowest BCUT2D eigenvalue weighted by atomic mass is 9.81. The Hall–Kier alpha value is -0.570. The van der Waals surface area contributed by atoms with Gasteiger partial charge in [0.15, 0.2) is 0 Å². The van der Waals surface area contributed by atoms with Crippen LogP contribution >= 0.6 is 0 Å². The van der Waals surface area contributed by atoms with Crippen molar-refractivity contribution in [3.63, 3.8) is 0 Å². The molecule has 0 spiro atoms. The Morgan fingerprint density at radius 3 is 1.94 bits per heavy atom. The number of hydrogen-bond acceptors (Lipinski definition) is 2. The van der Waals surface area contributed by atoms with Gasteiger partial charge in [-0.25, -0.2) is 0 Å². The van der Waals surface area contributed by atoms with Crippen LogP contribution in [0, 0.1) is 17.3 Å². The predicted octanol–water partition coefficient (Wildman–Crippen LogP) is 2.55. The maximum absolute atomic E-state index is 12.1. The van der Waals surface area contributed by atoms with E-state index in [1.54, 1.807) is 0 Å². The van der Waals surface area contributed by atoms with Crippen LogP contribution in [0.25, 0.3) is 0 Å². The van der Waals surface area contributed by atoms with Gasteiger partial charge in [0, 0.05) is 12.1 Å². The number of carbonyl (C=O) groups is 1. The molecule has 1 amide bonds. The highest BCUT2D eigenvalue weighted by Crippen LogP contribution is 2.27. The molecule has 1 unspecified atom stereocenters. The highest BCUT2D eigenvalue weighted by atomic mass is 16.2. The van der Waals surface area contributed by atoms with E-state index in [0.29, 0.717) is 6.54 Å². The first-order chi connectivity index (χ1) is 7.48. The third kappa shape index (κ3) is 6.67. The van der Waals surface area contributed by atoms with Crippen LogP contribution in [-0.4, -0.2) is 18.0 Å². The molecule has 0 aliphatic carbocycles. The average Bonchev–Trinajstić information content (AvgIpc) is 1.96. The molecule has 0 aromatic rings. The molecule has 0 bridgehead atoms. The molecule has 0 fully saturated rings. The van der Waals surface area contributed by atoms with E-state index in [2.05, 4.69) is 39.9 Å². The van der Waals surface area contributed by atoms with Gasteiger partial charge in [-0.3, -0.25) is 4.79 Å². The number of rotatable bonds is 5. The standard InChI is InChI=1S/C14H30N2O/c1-10(2)11(8-15)12(17)16-14(6,7)9-13(3,4)5/h10-11H,8-9,15H2,1-7H3,(H,16,17). The molecule has 1 atom stereocenters. The van der Waals surface area contributed by atoms with Gasteiger partial charge in [0.1, 0.15) is 0 Å². The van der Waals surface area contributed by atoms with E-state index in [1.807, 2.05) is 13.8 Å². The van der Waals surface area contributed by atoms with Crippen LogP contribution in [0.1, 0.15) is 54.9 Å². The summed E-state index contributed by atoms with van der Waals surface area (Å²) in [5, 5.41) is 3.13. The zero-order valence-electron chi connectivity index (χ0n) is 12.6. The van der Waals surface area contributed by atoms with Crippen molar-refractivity contribution >= 4 is 5.91 Å². The SMILES string of the molecule is CC(C)C(CN)C(=O)NC(C)(C)CC(C)(C)C. The van der Waals surface area contributed by atoms with Gasteiger partial charge >= 0.3 is 0 Å². The van der Waals surface area contributed by atoms with Crippen molar-refractivity contribution in [2.75, 3.05) is 6.54 Å². The lowest BCUT2D eigenvalue weighted by Gasteiger charge is -2.35. The Kier molecular flexibility index (Phi) is 5.66. The number of nitrogens with one attached hydrogen (secondary N) is 1. The lowest BCUT2D eigenvalue weighted by Crippen LogP contribution is -2.50. The van der Waals surface area contributed by atoms with Crippen molar-refractivity contribution in [1.29, 1.82) is 0 Å². The Morgan fingerprint density at radius 1 is 1.18 bits per heavy atom. The molecule has 3 N–H and O–H groups in total. The molecule has 102 valence electrons. The van der Waals surface area contributed by atoms with Gasteiger partial charge in [-0.1, -0.05) is 34.6 Å². The Bertz CT molecular complexity index is 251. The van der Waals surface area contributed by atoms with Crippen molar-refractivity contribution in [2.24, 2.45) is 23.0 Å². The van der Waals surface area contributed by atoms with Crippen molar-refractivity contribution < 1.29 is 4.79 Å². The maximum atomic E-state index is 12.1. The molecule has 3 nitrogen and oxygen atoms in total. The maximum Gasteiger partial charge on any atom is 0.225 e. The fourth-order valence-corrected chi connectivity index (χ4v) is 2.48. The van der Waals surface area contributed by atoms with Crippen molar-refractivity contribution in [3.05, 3.63) is 0 Å². The summed E-state index contributed by atoms with van der Waals surface area (Å²) in [6.45, 7) is 15.2. The second-order valence-corrected chi connectivity index (χ2v) is 7.20. The summed E-state index contributed by atoms with van der Waals surface area (Å²) in [5.74, 6) is 0.274. The van der Waals surface area contributed by atoms with E-state index in [1.165, 1.54) is 0 Å². The third-order valence-electron chi connectivity index (χ3n) is 2.83. The summed E-state index contributed by atoms with van der Waals surface area (Å²) in [4.78, 5) is 12.1. The van der Waals surface area contributed by atoms with Gasteiger partial charge in [0.2, 0.25) is 5.91 Å². The molecule has 0 saturated carbocycles. The molecule has 0 radical (unpaired) electrons. The monoisotopic (exact) mass is 242 g/mol. The molecule has 0 heterocycles. The quantitative estimate of drug-likeness (QED) is 0.778.